The molecule has 0 radical (unpaired) electrons. The molecule has 0 aliphatic carbocycles. The Morgan fingerprint density at radius 3 is 2.81 bits per heavy atom. The second-order valence-corrected chi connectivity index (χ2v) is 8.10. The minimum Gasteiger partial charge on any atom is -0.373 e. The van der Waals surface area contributed by atoms with Crippen molar-refractivity contribution in [3.05, 3.63) is 58.4 Å². The lowest BCUT2D eigenvalue weighted by atomic mass is 10.1. The van der Waals surface area contributed by atoms with Crippen molar-refractivity contribution in [2.45, 2.75) is 29.7 Å². The van der Waals surface area contributed by atoms with Gasteiger partial charge in [-0.25, -0.2) is 9.83 Å². The second-order valence-electron chi connectivity index (χ2n) is 7.01. The first kappa shape index (κ1) is 22.6. The largest absolute Gasteiger partial charge is 0.373 e. The highest BCUT2D eigenvalue weighted by Gasteiger charge is 2.29. The number of nitrogens with two attached hydrogens (primary N) is 2. The van der Waals surface area contributed by atoms with Gasteiger partial charge in [-0.2, -0.15) is 5.26 Å². The van der Waals surface area contributed by atoms with Gasteiger partial charge in [-0.15, -0.1) is 0 Å². The Labute approximate surface area is 186 Å². The lowest BCUT2D eigenvalue weighted by Gasteiger charge is -2.34. The van der Waals surface area contributed by atoms with E-state index >= 15 is 0 Å². The summed E-state index contributed by atoms with van der Waals surface area (Å²) in [6.45, 7) is 11.5. The average molecular weight is 437 g/mol. The number of benzene rings is 1. The number of pyridine rings is 1. The van der Waals surface area contributed by atoms with Crippen LogP contribution < -0.4 is 16.4 Å². The number of carbonyl (C=O) groups excluding carboxylic acids is 1. The number of rotatable bonds is 7. The molecule has 1 aromatic carbocycles. The third-order valence-corrected chi connectivity index (χ3v) is 6.35. The Morgan fingerprint density at radius 1 is 1.48 bits per heavy atom. The molecule has 1 aliphatic rings. The molecule has 31 heavy (non-hydrogen) atoms. The van der Waals surface area contributed by atoms with Gasteiger partial charge in [0.1, 0.15) is 22.2 Å². The van der Waals surface area contributed by atoms with Crippen LogP contribution in [0, 0.1) is 17.9 Å². The van der Waals surface area contributed by atoms with Crippen molar-refractivity contribution < 1.29 is 9.53 Å². The fraction of sp³-hybridized carbons (Fsp3) is 0.364. The van der Waals surface area contributed by atoms with Crippen molar-refractivity contribution in [2.75, 3.05) is 31.1 Å². The monoisotopic (exact) mass is 436 g/mol. The summed E-state index contributed by atoms with van der Waals surface area (Å²) in [7, 11) is 0. The summed E-state index contributed by atoms with van der Waals surface area (Å²) in [4.78, 5) is 22.6. The number of nitrogens with zero attached hydrogens (tertiary/aromatic N) is 4. The van der Waals surface area contributed by atoms with Gasteiger partial charge in [0.25, 0.3) is 0 Å². The van der Waals surface area contributed by atoms with E-state index < -0.39 is 11.2 Å². The van der Waals surface area contributed by atoms with E-state index in [1.54, 1.807) is 0 Å². The maximum absolute atomic E-state index is 12.3. The number of carbonyl (C=O) groups is 1. The Hall–Kier alpha value is -3.11. The lowest BCUT2D eigenvalue weighted by molar-refractivity contribution is -0.117. The lowest BCUT2D eigenvalue weighted by Crippen LogP contribution is -2.46. The molecule has 1 fully saturated rings. The van der Waals surface area contributed by atoms with Crippen LogP contribution in [0.25, 0.3) is 4.85 Å². The molecule has 1 amide bonds. The zero-order valence-corrected chi connectivity index (χ0v) is 18.1. The minimum atomic E-state index is -0.710. The maximum atomic E-state index is 12.3. The predicted molar refractivity (Wildman–Crippen MR) is 120 cm³/mol. The number of aromatic nitrogens is 1. The van der Waals surface area contributed by atoms with Crippen LogP contribution in [0.15, 0.2) is 35.4 Å². The second kappa shape index (κ2) is 10.3. The number of morpholine rings is 1. The molecule has 1 saturated heterocycles. The van der Waals surface area contributed by atoms with E-state index in [-0.39, 0.29) is 6.10 Å². The Balaban J connectivity index is 2.12. The number of thioether (sulfide) groups is 1. The van der Waals surface area contributed by atoms with Gasteiger partial charge in [0, 0.05) is 19.6 Å². The molecule has 4 N–H and O–H groups in total. The topological polar surface area (TPSA) is 123 Å². The molecule has 2 aromatic rings. The Bertz CT molecular complexity index is 1030. The molecule has 3 rings (SSSR count). The van der Waals surface area contributed by atoms with Crippen molar-refractivity contribution in [3.8, 4) is 6.07 Å². The first-order valence-electron chi connectivity index (χ1n) is 9.95. The van der Waals surface area contributed by atoms with Crippen LogP contribution in [-0.4, -0.2) is 43.2 Å². The van der Waals surface area contributed by atoms with E-state index in [0.29, 0.717) is 60.3 Å². The van der Waals surface area contributed by atoms with Gasteiger partial charge in [0.2, 0.25) is 11.6 Å². The molecule has 0 spiro atoms. The fourth-order valence-corrected chi connectivity index (χ4v) is 4.61. The van der Waals surface area contributed by atoms with Crippen molar-refractivity contribution in [3.63, 3.8) is 0 Å². The number of primary amides is 1. The van der Waals surface area contributed by atoms with E-state index in [0.717, 1.165) is 17.3 Å². The first-order chi connectivity index (χ1) is 15.0. The van der Waals surface area contributed by atoms with Crippen LogP contribution in [0.4, 0.5) is 11.5 Å². The van der Waals surface area contributed by atoms with Gasteiger partial charge in [-0.1, -0.05) is 49.0 Å². The van der Waals surface area contributed by atoms with Gasteiger partial charge in [0.15, 0.2) is 0 Å². The van der Waals surface area contributed by atoms with E-state index in [2.05, 4.69) is 10.9 Å². The third kappa shape index (κ3) is 4.80. The number of hydrogen-bond donors (Lipinski definition) is 2. The maximum Gasteiger partial charge on any atom is 0.235 e. The molecule has 8 nitrogen and oxygen atoms in total. The van der Waals surface area contributed by atoms with E-state index in [1.165, 1.54) is 0 Å². The number of nitriles is 1. The van der Waals surface area contributed by atoms with Crippen molar-refractivity contribution in [1.29, 1.82) is 5.26 Å². The van der Waals surface area contributed by atoms with Crippen molar-refractivity contribution >= 4 is 29.2 Å². The molecule has 1 unspecified atom stereocenters. The van der Waals surface area contributed by atoms with Crippen molar-refractivity contribution in [2.24, 2.45) is 11.5 Å². The SMILES string of the molecule is [C-]#[N+]c1c(N2CCO[C@@H](CN)C2)nc(SC(C(N)=O)c2ccccc2)c(C#N)c1CC. The van der Waals surface area contributed by atoms with Gasteiger partial charge < -0.3 is 21.1 Å². The van der Waals surface area contributed by atoms with Crippen LogP contribution in [0.5, 0.6) is 0 Å². The molecule has 9 heteroatoms. The number of hydrogen-bond acceptors (Lipinski definition) is 7. The predicted octanol–water partition coefficient (Wildman–Crippen LogP) is 2.55. The summed E-state index contributed by atoms with van der Waals surface area (Å²) in [5.41, 5.74) is 13.5. The Morgan fingerprint density at radius 2 is 2.23 bits per heavy atom. The average Bonchev–Trinajstić information content (AvgIpc) is 2.81. The summed E-state index contributed by atoms with van der Waals surface area (Å²) >= 11 is 1.14. The molecular weight excluding hydrogens is 412 g/mol. The molecule has 0 saturated carbocycles. The molecule has 1 aliphatic heterocycles. The van der Waals surface area contributed by atoms with Crippen LogP contribution >= 0.6 is 11.8 Å². The zero-order chi connectivity index (χ0) is 22.4. The number of ether oxygens (including phenoxy) is 1. The van der Waals surface area contributed by atoms with Gasteiger partial charge in [-0.05, 0) is 17.5 Å². The quantitative estimate of drug-likeness (QED) is 0.505. The van der Waals surface area contributed by atoms with Crippen LogP contribution in [0.2, 0.25) is 0 Å². The number of amides is 1. The summed E-state index contributed by atoms with van der Waals surface area (Å²) in [6, 6.07) is 11.3. The normalized spacial score (nSPS) is 16.9. The third-order valence-electron chi connectivity index (χ3n) is 5.09. The van der Waals surface area contributed by atoms with E-state index in [4.69, 9.17) is 27.8 Å². The standard InChI is InChI=1S/C22H24N6O2S/c1-3-16-17(12-24)22(31-19(20(25)29)14-7-5-4-6-8-14)27-21(18(16)26-2)28-9-10-30-15(11-23)13-28/h4-8,15,19H,3,9-11,13,23H2,1H3,(H2,25,29)/t15-,19?/m0/s1. The first-order valence-corrected chi connectivity index (χ1v) is 10.8. The smallest absolute Gasteiger partial charge is 0.235 e. The summed E-state index contributed by atoms with van der Waals surface area (Å²) in [5, 5.41) is 9.57. The highest BCUT2D eigenvalue weighted by atomic mass is 32.2. The highest BCUT2D eigenvalue weighted by molar-refractivity contribution is 8.00. The highest BCUT2D eigenvalue weighted by Crippen LogP contribution is 2.42. The Kier molecular flexibility index (Phi) is 7.48. The van der Waals surface area contributed by atoms with Crippen LogP contribution in [0.1, 0.15) is 28.9 Å². The van der Waals surface area contributed by atoms with Crippen molar-refractivity contribution in [1.82, 2.24) is 4.98 Å². The van der Waals surface area contributed by atoms with Gasteiger partial charge >= 0.3 is 0 Å². The fourth-order valence-electron chi connectivity index (χ4n) is 3.55. The molecule has 1 aromatic heterocycles. The molecule has 2 atom stereocenters. The zero-order valence-electron chi connectivity index (χ0n) is 17.2. The van der Waals surface area contributed by atoms with E-state index in [9.17, 15) is 10.1 Å². The van der Waals surface area contributed by atoms with Gasteiger partial charge in [-0.3, -0.25) is 4.79 Å². The van der Waals surface area contributed by atoms with E-state index in [1.807, 2.05) is 42.2 Å². The molecule has 160 valence electrons. The van der Waals surface area contributed by atoms with Crippen LogP contribution in [-0.2, 0) is 16.0 Å². The summed E-state index contributed by atoms with van der Waals surface area (Å²) in [6.07, 6.45) is 0.328. The summed E-state index contributed by atoms with van der Waals surface area (Å²) in [5.74, 6) is -0.0308. The van der Waals surface area contributed by atoms with Gasteiger partial charge in [0.05, 0.1) is 24.8 Å². The minimum absolute atomic E-state index is 0.159. The van der Waals surface area contributed by atoms with Crippen LogP contribution in [0.3, 0.4) is 0 Å². The molecule has 0 bridgehead atoms. The molecular formula is C22H24N6O2S. The number of anilines is 1. The summed E-state index contributed by atoms with van der Waals surface area (Å²) < 4.78 is 5.65. The molecule has 2 heterocycles.